The molecule has 0 spiro atoms. The lowest BCUT2D eigenvalue weighted by Crippen LogP contribution is -2.01. The maximum absolute atomic E-state index is 10.7. The molecule has 0 unspecified atom stereocenters. The van der Waals surface area contributed by atoms with Crippen molar-refractivity contribution in [3.05, 3.63) is 83.9 Å². The molecule has 8 rings (SSSR count). The van der Waals surface area contributed by atoms with E-state index in [-0.39, 0.29) is 17.5 Å². The Morgan fingerprint density at radius 2 is 0.909 bits per heavy atom. The summed E-state index contributed by atoms with van der Waals surface area (Å²) in [5.41, 5.74) is 2.95. The number of aromatic nitrogens is 3. The molecule has 8 aromatic rings. The fourth-order valence-electron chi connectivity index (χ4n) is 5.40. The molecule has 0 saturated carbocycles. The van der Waals surface area contributed by atoms with Crippen molar-refractivity contribution < 1.29 is 34.4 Å². The minimum Gasteiger partial charge on any atom is -0.504 e. The second-order valence-electron chi connectivity index (χ2n) is 10.2. The maximum Gasteiger partial charge on any atom is 0.208 e. The summed E-state index contributed by atoms with van der Waals surface area (Å²) >= 11 is 6.16. The molecule has 5 N–H and O–H groups in total. The molecule has 0 radical (unpaired) electrons. The maximum atomic E-state index is 10.7. The standard InChI is InChI=1S/C33H18ClN3O7/c34-16-7-10-20-19-9-6-15(12-23(19)44-24(20)13-16)32-35-31(14-5-8-18-17-3-1-2-4-21(17)43-22(18)11-14)36-33(37-32)25-26(38)28(40)30(42)29(41)27(25)39/h1-13,38-42H. The van der Waals surface area contributed by atoms with E-state index in [1.807, 2.05) is 42.5 Å². The zero-order valence-corrected chi connectivity index (χ0v) is 23.0. The van der Waals surface area contributed by atoms with Crippen molar-refractivity contribution in [1.82, 2.24) is 15.0 Å². The molecule has 0 amide bonds. The van der Waals surface area contributed by atoms with Crippen LogP contribution in [-0.4, -0.2) is 40.5 Å². The van der Waals surface area contributed by atoms with E-state index in [4.69, 9.17) is 25.4 Å². The number of rotatable bonds is 3. The minimum absolute atomic E-state index is 0.126. The first-order valence-electron chi connectivity index (χ1n) is 13.3. The molecular weight excluding hydrogens is 586 g/mol. The third kappa shape index (κ3) is 3.78. The van der Waals surface area contributed by atoms with Gasteiger partial charge in [-0.05, 0) is 42.5 Å². The van der Waals surface area contributed by atoms with Gasteiger partial charge in [0.25, 0.3) is 0 Å². The van der Waals surface area contributed by atoms with E-state index in [9.17, 15) is 25.5 Å². The SMILES string of the molecule is Oc1c(O)c(O)c(-c2nc(-c3ccc4c(c3)oc3ccccc34)nc(-c3ccc4c(c3)oc3cc(Cl)ccc34)n2)c(O)c1O. The second-order valence-corrected chi connectivity index (χ2v) is 10.6. The van der Waals surface area contributed by atoms with Crippen molar-refractivity contribution in [2.75, 3.05) is 0 Å². The van der Waals surface area contributed by atoms with Gasteiger partial charge in [-0.1, -0.05) is 41.9 Å². The molecule has 3 aromatic heterocycles. The second kappa shape index (κ2) is 9.25. The molecule has 11 heteroatoms. The van der Waals surface area contributed by atoms with E-state index in [1.165, 1.54) is 0 Å². The number of hydrogen-bond acceptors (Lipinski definition) is 10. The quantitative estimate of drug-likeness (QED) is 0.0990. The van der Waals surface area contributed by atoms with Crippen molar-refractivity contribution in [2.45, 2.75) is 0 Å². The van der Waals surface area contributed by atoms with Crippen LogP contribution in [0.1, 0.15) is 0 Å². The summed E-state index contributed by atoms with van der Waals surface area (Å²) in [6.45, 7) is 0. The largest absolute Gasteiger partial charge is 0.504 e. The summed E-state index contributed by atoms with van der Waals surface area (Å²) in [5, 5.41) is 55.9. The Hall–Kier alpha value is -6.00. The zero-order chi connectivity index (χ0) is 30.3. The number of para-hydroxylation sites is 1. The van der Waals surface area contributed by atoms with Crippen molar-refractivity contribution in [1.29, 1.82) is 0 Å². The van der Waals surface area contributed by atoms with Gasteiger partial charge in [0.15, 0.2) is 29.0 Å². The summed E-state index contributed by atoms with van der Waals surface area (Å²) < 4.78 is 12.1. The Morgan fingerprint density at radius 1 is 0.455 bits per heavy atom. The average Bonchev–Trinajstić information content (AvgIpc) is 3.59. The highest BCUT2D eigenvalue weighted by molar-refractivity contribution is 6.31. The summed E-state index contributed by atoms with van der Waals surface area (Å²) in [4.78, 5) is 13.6. The van der Waals surface area contributed by atoms with Crippen molar-refractivity contribution in [3.63, 3.8) is 0 Å². The van der Waals surface area contributed by atoms with Gasteiger partial charge in [0.2, 0.25) is 17.2 Å². The molecule has 0 aliphatic carbocycles. The van der Waals surface area contributed by atoms with E-state index in [1.54, 1.807) is 36.4 Å². The normalized spacial score (nSPS) is 11.8. The van der Waals surface area contributed by atoms with Crippen LogP contribution in [0.25, 0.3) is 78.0 Å². The fourth-order valence-corrected chi connectivity index (χ4v) is 5.56. The van der Waals surface area contributed by atoms with Crippen LogP contribution >= 0.6 is 11.6 Å². The van der Waals surface area contributed by atoms with E-state index >= 15 is 0 Å². The Morgan fingerprint density at radius 3 is 1.52 bits per heavy atom. The molecule has 0 aliphatic heterocycles. The van der Waals surface area contributed by atoms with Crippen LogP contribution in [-0.2, 0) is 0 Å². The lowest BCUT2D eigenvalue weighted by Gasteiger charge is -2.13. The van der Waals surface area contributed by atoms with E-state index < -0.39 is 34.3 Å². The highest BCUT2D eigenvalue weighted by atomic mass is 35.5. The number of phenols is 5. The number of aromatic hydroxyl groups is 5. The van der Waals surface area contributed by atoms with Gasteiger partial charge < -0.3 is 34.4 Å². The number of halogens is 1. The van der Waals surface area contributed by atoms with Crippen LogP contribution < -0.4 is 0 Å². The van der Waals surface area contributed by atoms with Crippen LogP contribution in [0.15, 0.2) is 87.7 Å². The Balaban J connectivity index is 1.37. The highest BCUT2D eigenvalue weighted by Gasteiger charge is 2.27. The van der Waals surface area contributed by atoms with Crippen molar-refractivity contribution in [3.8, 4) is 62.9 Å². The molecule has 10 nitrogen and oxygen atoms in total. The topological polar surface area (TPSA) is 166 Å². The summed E-state index contributed by atoms with van der Waals surface area (Å²) in [7, 11) is 0. The van der Waals surface area contributed by atoms with Gasteiger partial charge in [0.1, 0.15) is 27.9 Å². The van der Waals surface area contributed by atoms with Crippen molar-refractivity contribution >= 4 is 55.5 Å². The van der Waals surface area contributed by atoms with Crippen LogP contribution in [0, 0.1) is 0 Å². The lowest BCUT2D eigenvalue weighted by molar-refractivity contribution is 0.329. The van der Waals surface area contributed by atoms with Crippen LogP contribution in [0.4, 0.5) is 0 Å². The highest BCUT2D eigenvalue weighted by Crippen LogP contribution is 2.54. The molecular formula is C33H18ClN3O7. The van der Waals surface area contributed by atoms with Gasteiger partial charge in [-0.15, -0.1) is 0 Å². The summed E-state index contributed by atoms with van der Waals surface area (Å²) in [6, 6.07) is 23.8. The van der Waals surface area contributed by atoms with Crippen LogP contribution in [0.5, 0.6) is 28.7 Å². The van der Waals surface area contributed by atoms with Gasteiger partial charge in [0, 0.05) is 43.8 Å². The van der Waals surface area contributed by atoms with Gasteiger partial charge in [-0.25, -0.2) is 15.0 Å². The monoisotopic (exact) mass is 603 g/mol. The molecule has 0 aliphatic rings. The van der Waals surface area contributed by atoms with Gasteiger partial charge in [-0.2, -0.15) is 0 Å². The fraction of sp³-hybridized carbons (Fsp3) is 0. The van der Waals surface area contributed by atoms with Gasteiger partial charge >= 0.3 is 0 Å². The summed E-state index contributed by atoms with van der Waals surface area (Å²) in [6.07, 6.45) is 0. The van der Waals surface area contributed by atoms with Gasteiger partial charge in [-0.3, -0.25) is 0 Å². The Labute approximate surface area is 251 Å². The Kier molecular flexibility index (Phi) is 5.40. The molecule has 0 bridgehead atoms. The predicted octanol–water partition coefficient (Wildman–Crippen LogP) is 7.85. The first kappa shape index (κ1) is 25.7. The zero-order valence-electron chi connectivity index (χ0n) is 22.3. The Bertz CT molecular complexity index is 2460. The van der Waals surface area contributed by atoms with E-state index in [0.717, 1.165) is 21.5 Å². The van der Waals surface area contributed by atoms with E-state index in [2.05, 4.69) is 9.97 Å². The minimum atomic E-state index is -1.09. The van der Waals surface area contributed by atoms with Gasteiger partial charge in [0.05, 0.1) is 0 Å². The third-order valence-electron chi connectivity index (χ3n) is 7.56. The predicted molar refractivity (Wildman–Crippen MR) is 164 cm³/mol. The first-order valence-corrected chi connectivity index (χ1v) is 13.6. The summed E-state index contributed by atoms with van der Waals surface area (Å²) in [5.74, 6) is -5.09. The average molecular weight is 604 g/mol. The number of nitrogens with zero attached hydrogens (tertiary/aromatic N) is 3. The molecule has 5 aromatic carbocycles. The molecule has 0 saturated heterocycles. The molecule has 0 atom stereocenters. The van der Waals surface area contributed by atoms with Crippen LogP contribution in [0.2, 0.25) is 5.02 Å². The lowest BCUT2D eigenvalue weighted by atomic mass is 10.1. The number of hydrogen-bond donors (Lipinski definition) is 5. The molecule has 44 heavy (non-hydrogen) atoms. The molecule has 3 heterocycles. The smallest absolute Gasteiger partial charge is 0.208 e. The van der Waals surface area contributed by atoms with Crippen molar-refractivity contribution in [2.24, 2.45) is 0 Å². The number of benzene rings is 5. The third-order valence-corrected chi connectivity index (χ3v) is 7.80. The molecule has 0 fully saturated rings. The number of furan rings is 2. The number of phenolic OH excluding ortho intramolecular Hbond substituents is 5. The van der Waals surface area contributed by atoms with Crippen LogP contribution in [0.3, 0.4) is 0 Å². The molecule has 214 valence electrons. The number of fused-ring (bicyclic) bond motifs is 6. The van der Waals surface area contributed by atoms with E-state index in [0.29, 0.717) is 38.5 Å². The first-order chi connectivity index (χ1) is 21.3.